The molecule has 1 fully saturated rings. The van der Waals surface area contributed by atoms with Crippen LogP contribution >= 0.6 is 0 Å². The van der Waals surface area contributed by atoms with Gasteiger partial charge in [0.1, 0.15) is 6.10 Å². The Labute approximate surface area is 131 Å². The van der Waals surface area contributed by atoms with Crippen LogP contribution in [0.2, 0.25) is 0 Å². The average molecular weight is 300 g/mol. The maximum Gasteiger partial charge on any atom is 0.249 e. The molecule has 1 atom stereocenters. The molecule has 0 spiro atoms. The molecule has 1 aromatic carbocycles. The number of hydrogen-bond donors (Lipinski definition) is 2. The summed E-state index contributed by atoms with van der Waals surface area (Å²) in [6.07, 6.45) is 2.68. The quantitative estimate of drug-likeness (QED) is 0.914. The number of aromatic amines is 1. The lowest BCUT2D eigenvalue weighted by Gasteiger charge is -2.21. The molecule has 4 heteroatoms. The Morgan fingerprint density at radius 1 is 1.32 bits per heavy atom. The second-order valence-electron chi connectivity index (χ2n) is 6.29. The van der Waals surface area contributed by atoms with E-state index in [0.717, 1.165) is 30.3 Å². The third-order valence-corrected chi connectivity index (χ3v) is 4.57. The number of aromatic nitrogens is 1. The predicted octanol–water partition coefficient (Wildman–Crippen LogP) is 3.28. The third-order valence-electron chi connectivity index (χ3n) is 4.57. The summed E-state index contributed by atoms with van der Waals surface area (Å²) < 4.78 is 5.54. The van der Waals surface area contributed by atoms with E-state index in [0.29, 0.717) is 13.2 Å². The molecule has 2 aromatic rings. The van der Waals surface area contributed by atoms with E-state index in [1.54, 1.807) is 0 Å². The van der Waals surface area contributed by atoms with E-state index in [1.165, 1.54) is 22.2 Å². The van der Waals surface area contributed by atoms with Gasteiger partial charge in [0, 0.05) is 24.2 Å². The van der Waals surface area contributed by atoms with Crippen molar-refractivity contribution < 1.29 is 9.53 Å². The third kappa shape index (κ3) is 2.88. The van der Waals surface area contributed by atoms with Crippen LogP contribution in [-0.4, -0.2) is 23.6 Å². The molecule has 22 heavy (non-hydrogen) atoms. The van der Waals surface area contributed by atoms with Crippen LogP contribution in [0, 0.1) is 20.8 Å². The van der Waals surface area contributed by atoms with Crippen molar-refractivity contribution >= 4 is 16.8 Å². The summed E-state index contributed by atoms with van der Waals surface area (Å²) in [5.74, 6) is 0.00866. The van der Waals surface area contributed by atoms with Gasteiger partial charge in [-0.3, -0.25) is 4.79 Å². The predicted molar refractivity (Wildman–Crippen MR) is 87.9 cm³/mol. The minimum Gasteiger partial charge on any atom is -0.368 e. The molecule has 118 valence electrons. The first-order chi connectivity index (χ1) is 10.6. The zero-order chi connectivity index (χ0) is 15.7. The van der Waals surface area contributed by atoms with Crippen molar-refractivity contribution in [3.63, 3.8) is 0 Å². The maximum atomic E-state index is 12.2. The molecule has 0 radical (unpaired) electrons. The molecule has 0 unspecified atom stereocenters. The highest BCUT2D eigenvalue weighted by Crippen LogP contribution is 2.26. The van der Waals surface area contributed by atoms with Crippen LogP contribution in [0.5, 0.6) is 0 Å². The van der Waals surface area contributed by atoms with Crippen molar-refractivity contribution in [1.29, 1.82) is 0 Å². The number of fused-ring (bicyclic) bond motifs is 1. The monoisotopic (exact) mass is 300 g/mol. The van der Waals surface area contributed by atoms with E-state index in [4.69, 9.17) is 4.74 Å². The van der Waals surface area contributed by atoms with Crippen LogP contribution < -0.4 is 5.32 Å². The van der Waals surface area contributed by atoms with Crippen molar-refractivity contribution in [3.05, 3.63) is 34.5 Å². The van der Waals surface area contributed by atoms with E-state index in [-0.39, 0.29) is 12.0 Å². The number of ether oxygens (including phenoxy) is 1. The van der Waals surface area contributed by atoms with Crippen molar-refractivity contribution in [3.8, 4) is 0 Å². The Kier molecular flexibility index (Phi) is 4.21. The number of carbonyl (C=O) groups is 1. The SMILES string of the molecule is Cc1cc(CNC(=O)[C@H]2CCCCO2)c2[nH]c(C)c(C)c2c1. The Balaban J connectivity index is 1.78. The minimum atomic E-state index is -0.277. The van der Waals surface area contributed by atoms with Gasteiger partial charge in [-0.2, -0.15) is 0 Å². The van der Waals surface area contributed by atoms with Gasteiger partial charge >= 0.3 is 0 Å². The second kappa shape index (κ2) is 6.13. The maximum absolute atomic E-state index is 12.2. The number of aryl methyl sites for hydroxylation is 3. The number of benzene rings is 1. The molecular weight excluding hydrogens is 276 g/mol. The fourth-order valence-corrected chi connectivity index (χ4v) is 3.17. The summed E-state index contributed by atoms with van der Waals surface area (Å²) >= 11 is 0. The van der Waals surface area contributed by atoms with Gasteiger partial charge in [0.25, 0.3) is 0 Å². The van der Waals surface area contributed by atoms with Crippen LogP contribution in [0.15, 0.2) is 12.1 Å². The first kappa shape index (κ1) is 15.1. The largest absolute Gasteiger partial charge is 0.368 e. The topological polar surface area (TPSA) is 54.1 Å². The van der Waals surface area contributed by atoms with Gasteiger partial charge in [0.2, 0.25) is 5.91 Å². The van der Waals surface area contributed by atoms with Gasteiger partial charge in [-0.1, -0.05) is 11.6 Å². The molecule has 1 amide bonds. The second-order valence-corrected chi connectivity index (χ2v) is 6.29. The normalized spacial score (nSPS) is 18.6. The standard InChI is InChI=1S/C18H24N2O2/c1-11-8-14(17-15(9-11)12(2)13(3)20-17)10-19-18(21)16-6-4-5-7-22-16/h8-9,16,20H,4-7,10H2,1-3H3,(H,19,21)/t16-/m1/s1. The van der Waals surface area contributed by atoms with Gasteiger partial charge in [-0.15, -0.1) is 0 Å². The minimum absolute atomic E-state index is 0.00866. The van der Waals surface area contributed by atoms with E-state index in [1.807, 2.05) is 0 Å². The van der Waals surface area contributed by atoms with E-state index in [9.17, 15) is 4.79 Å². The Hall–Kier alpha value is -1.81. The fraction of sp³-hybridized carbons (Fsp3) is 0.500. The number of rotatable bonds is 3. The first-order valence-electron chi connectivity index (χ1n) is 8.04. The van der Waals surface area contributed by atoms with Crippen LogP contribution in [-0.2, 0) is 16.1 Å². The Morgan fingerprint density at radius 3 is 2.86 bits per heavy atom. The zero-order valence-electron chi connectivity index (χ0n) is 13.6. The molecule has 0 saturated carbocycles. The molecular formula is C18H24N2O2. The summed E-state index contributed by atoms with van der Waals surface area (Å²) in [7, 11) is 0. The van der Waals surface area contributed by atoms with E-state index in [2.05, 4.69) is 43.2 Å². The molecule has 2 N–H and O–H groups in total. The van der Waals surface area contributed by atoms with Gasteiger partial charge < -0.3 is 15.0 Å². The lowest BCUT2D eigenvalue weighted by Crippen LogP contribution is -2.38. The van der Waals surface area contributed by atoms with Gasteiger partial charge in [-0.25, -0.2) is 0 Å². The smallest absolute Gasteiger partial charge is 0.249 e. The first-order valence-corrected chi connectivity index (χ1v) is 8.04. The highest BCUT2D eigenvalue weighted by Gasteiger charge is 2.21. The van der Waals surface area contributed by atoms with Crippen LogP contribution in [0.25, 0.3) is 10.9 Å². The Bertz CT molecular complexity index is 697. The molecule has 2 heterocycles. The van der Waals surface area contributed by atoms with Crippen LogP contribution in [0.4, 0.5) is 0 Å². The highest BCUT2D eigenvalue weighted by molar-refractivity contribution is 5.88. The van der Waals surface area contributed by atoms with Crippen LogP contribution in [0.1, 0.15) is 41.6 Å². The van der Waals surface area contributed by atoms with Gasteiger partial charge in [-0.05, 0) is 57.2 Å². The summed E-state index contributed by atoms with van der Waals surface area (Å²) in [6.45, 7) is 7.55. The lowest BCUT2D eigenvalue weighted by molar-refractivity contribution is -0.135. The average Bonchev–Trinajstić information content (AvgIpc) is 2.81. The number of carbonyl (C=O) groups excluding carboxylic acids is 1. The van der Waals surface area contributed by atoms with E-state index >= 15 is 0 Å². The molecule has 1 aliphatic rings. The van der Waals surface area contributed by atoms with Crippen molar-refractivity contribution in [1.82, 2.24) is 10.3 Å². The molecule has 0 aliphatic carbocycles. The summed E-state index contributed by atoms with van der Waals surface area (Å²) in [5, 5.41) is 4.28. The van der Waals surface area contributed by atoms with E-state index < -0.39 is 0 Å². The summed E-state index contributed by atoms with van der Waals surface area (Å²) in [6, 6.07) is 4.34. The number of nitrogens with one attached hydrogen (secondary N) is 2. The molecule has 1 aromatic heterocycles. The summed E-state index contributed by atoms with van der Waals surface area (Å²) in [4.78, 5) is 15.7. The Morgan fingerprint density at radius 2 is 2.14 bits per heavy atom. The van der Waals surface area contributed by atoms with Crippen molar-refractivity contribution in [2.24, 2.45) is 0 Å². The number of H-pyrrole nitrogens is 1. The lowest BCUT2D eigenvalue weighted by atomic mass is 10.0. The fourth-order valence-electron chi connectivity index (χ4n) is 3.17. The van der Waals surface area contributed by atoms with Crippen molar-refractivity contribution in [2.45, 2.75) is 52.7 Å². The zero-order valence-corrected chi connectivity index (χ0v) is 13.6. The number of hydrogen-bond acceptors (Lipinski definition) is 2. The molecule has 3 rings (SSSR count). The molecule has 0 bridgehead atoms. The van der Waals surface area contributed by atoms with Gasteiger partial charge in [0.05, 0.1) is 5.52 Å². The molecule has 4 nitrogen and oxygen atoms in total. The molecule has 1 aliphatic heterocycles. The van der Waals surface area contributed by atoms with Crippen molar-refractivity contribution in [2.75, 3.05) is 6.61 Å². The van der Waals surface area contributed by atoms with Crippen LogP contribution in [0.3, 0.4) is 0 Å². The summed E-state index contributed by atoms with van der Waals surface area (Å²) in [5.41, 5.74) is 5.94. The van der Waals surface area contributed by atoms with Gasteiger partial charge in [0.15, 0.2) is 0 Å². The molecule has 1 saturated heterocycles. The highest BCUT2D eigenvalue weighted by atomic mass is 16.5. The number of amides is 1.